The molecule has 0 saturated heterocycles. The van der Waals surface area contributed by atoms with Gasteiger partial charge in [0.1, 0.15) is 17.7 Å². The van der Waals surface area contributed by atoms with Crippen LogP contribution in [0.1, 0.15) is 11.9 Å². The zero-order valence-corrected chi connectivity index (χ0v) is 12.9. The SMILES string of the molecule is COC(CNC(=O)C(=O)Nc1ccc(F)c(Cl)c1)c1ccco1. The van der Waals surface area contributed by atoms with Crippen molar-refractivity contribution in [2.45, 2.75) is 6.10 Å². The summed E-state index contributed by atoms with van der Waals surface area (Å²) >= 11 is 5.60. The number of rotatable bonds is 5. The number of carbonyl (C=O) groups is 2. The van der Waals surface area contributed by atoms with Crippen LogP contribution < -0.4 is 10.6 Å². The van der Waals surface area contributed by atoms with Gasteiger partial charge in [0.25, 0.3) is 0 Å². The lowest BCUT2D eigenvalue weighted by atomic mass is 10.2. The van der Waals surface area contributed by atoms with E-state index in [1.807, 2.05) is 0 Å². The van der Waals surface area contributed by atoms with Crippen LogP contribution in [-0.2, 0) is 14.3 Å². The molecule has 1 unspecified atom stereocenters. The lowest BCUT2D eigenvalue weighted by Gasteiger charge is -2.13. The molecule has 8 heteroatoms. The molecule has 1 atom stereocenters. The highest BCUT2D eigenvalue weighted by atomic mass is 35.5. The molecule has 1 aromatic heterocycles. The fraction of sp³-hybridized carbons (Fsp3) is 0.200. The summed E-state index contributed by atoms with van der Waals surface area (Å²) in [5.74, 6) is -1.85. The van der Waals surface area contributed by atoms with E-state index in [9.17, 15) is 14.0 Å². The number of ether oxygens (including phenoxy) is 1. The van der Waals surface area contributed by atoms with Crippen LogP contribution in [0, 0.1) is 5.82 Å². The van der Waals surface area contributed by atoms with E-state index >= 15 is 0 Å². The molecule has 0 aliphatic rings. The predicted molar refractivity (Wildman–Crippen MR) is 81.5 cm³/mol. The highest BCUT2D eigenvalue weighted by Gasteiger charge is 2.18. The van der Waals surface area contributed by atoms with Gasteiger partial charge in [-0.15, -0.1) is 0 Å². The summed E-state index contributed by atoms with van der Waals surface area (Å²) in [4.78, 5) is 23.5. The topological polar surface area (TPSA) is 80.6 Å². The van der Waals surface area contributed by atoms with Gasteiger partial charge >= 0.3 is 11.8 Å². The number of halogens is 2. The summed E-state index contributed by atoms with van der Waals surface area (Å²) in [6, 6.07) is 6.98. The summed E-state index contributed by atoms with van der Waals surface area (Å²) in [7, 11) is 1.46. The van der Waals surface area contributed by atoms with Gasteiger partial charge in [0.15, 0.2) is 0 Å². The van der Waals surface area contributed by atoms with Gasteiger partial charge in [-0.2, -0.15) is 0 Å². The third-order valence-electron chi connectivity index (χ3n) is 2.98. The van der Waals surface area contributed by atoms with Crippen LogP contribution in [0.2, 0.25) is 5.02 Å². The quantitative estimate of drug-likeness (QED) is 0.820. The molecule has 0 saturated carbocycles. The molecule has 0 aliphatic carbocycles. The van der Waals surface area contributed by atoms with E-state index in [4.69, 9.17) is 20.8 Å². The van der Waals surface area contributed by atoms with Crippen molar-refractivity contribution in [3.63, 3.8) is 0 Å². The Bertz CT molecular complexity index is 691. The minimum Gasteiger partial charge on any atom is -0.467 e. The van der Waals surface area contributed by atoms with E-state index in [0.717, 1.165) is 6.07 Å². The average Bonchev–Trinajstić information content (AvgIpc) is 3.05. The molecule has 0 spiro atoms. The summed E-state index contributed by atoms with van der Waals surface area (Å²) in [5.41, 5.74) is 0.214. The summed E-state index contributed by atoms with van der Waals surface area (Å²) < 4.78 is 23.4. The zero-order chi connectivity index (χ0) is 16.8. The van der Waals surface area contributed by atoms with Crippen LogP contribution in [0.5, 0.6) is 0 Å². The molecule has 1 aromatic carbocycles. The first-order valence-corrected chi connectivity index (χ1v) is 6.99. The fourth-order valence-corrected chi connectivity index (χ4v) is 1.98. The second kappa shape index (κ2) is 7.75. The van der Waals surface area contributed by atoms with Crippen molar-refractivity contribution in [1.82, 2.24) is 5.32 Å². The van der Waals surface area contributed by atoms with Crippen molar-refractivity contribution >= 4 is 29.1 Å². The molecule has 1 heterocycles. The molecular formula is C15H14ClFN2O4. The summed E-state index contributed by atoms with van der Waals surface area (Å²) in [6.07, 6.45) is 0.968. The van der Waals surface area contributed by atoms with Crippen molar-refractivity contribution in [3.05, 3.63) is 53.2 Å². The first-order valence-electron chi connectivity index (χ1n) is 6.61. The zero-order valence-electron chi connectivity index (χ0n) is 12.1. The third-order valence-corrected chi connectivity index (χ3v) is 3.27. The Morgan fingerprint density at radius 2 is 2.13 bits per heavy atom. The van der Waals surface area contributed by atoms with Gasteiger partial charge in [0.05, 0.1) is 17.8 Å². The van der Waals surface area contributed by atoms with Gasteiger partial charge in [-0.05, 0) is 30.3 Å². The lowest BCUT2D eigenvalue weighted by molar-refractivity contribution is -0.136. The van der Waals surface area contributed by atoms with Crippen molar-refractivity contribution < 1.29 is 23.1 Å². The second-order valence-electron chi connectivity index (χ2n) is 4.53. The minimum atomic E-state index is -0.901. The number of nitrogens with one attached hydrogen (secondary N) is 2. The highest BCUT2D eigenvalue weighted by molar-refractivity contribution is 6.39. The Kier molecular flexibility index (Phi) is 5.72. The monoisotopic (exact) mass is 340 g/mol. The minimum absolute atomic E-state index is 0.0560. The van der Waals surface area contributed by atoms with Crippen molar-refractivity contribution in [2.24, 2.45) is 0 Å². The van der Waals surface area contributed by atoms with E-state index < -0.39 is 23.7 Å². The normalized spacial score (nSPS) is 11.8. The van der Waals surface area contributed by atoms with E-state index in [0.29, 0.717) is 5.76 Å². The molecule has 2 rings (SSSR count). The Labute approximate surface area is 136 Å². The van der Waals surface area contributed by atoms with E-state index in [1.165, 1.54) is 25.5 Å². The van der Waals surface area contributed by atoms with Crippen LogP contribution in [0.15, 0.2) is 41.0 Å². The molecule has 2 N–H and O–H groups in total. The van der Waals surface area contributed by atoms with E-state index in [-0.39, 0.29) is 17.3 Å². The van der Waals surface area contributed by atoms with E-state index in [2.05, 4.69) is 10.6 Å². The predicted octanol–water partition coefficient (Wildman–Crippen LogP) is 2.51. The van der Waals surface area contributed by atoms with Crippen LogP contribution in [-0.4, -0.2) is 25.5 Å². The first kappa shape index (κ1) is 17.0. The Hall–Kier alpha value is -2.38. The van der Waals surface area contributed by atoms with Crippen molar-refractivity contribution in [2.75, 3.05) is 19.0 Å². The standard InChI is InChI=1S/C15H14ClFN2O4/c1-22-13(12-3-2-6-23-12)8-18-14(20)15(21)19-9-4-5-11(17)10(16)7-9/h2-7,13H,8H2,1H3,(H,18,20)(H,19,21). The van der Waals surface area contributed by atoms with E-state index in [1.54, 1.807) is 12.1 Å². The number of anilines is 1. The van der Waals surface area contributed by atoms with Crippen LogP contribution in [0.25, 0.3) is 0 Å². The Morgan fingerprint density at radius 1 is 1.35 bits per heavy atom. The molecule has 6 nitrogen and oxygen atoms in total. The average molecular weight is 341 g/mol. The van der Waals surface area contributed by atoms with Crippen molar-refractivity contribution in [3.8, 4) is 0 Å². The molecule has 122 valence electrons. The fourth-order valence-electron chi connectivity index (χ4n) is 1.80. The molecule has 0 bridgehead atoms. The third kappa shape index (κ3) is 4.54. The maximum atomic E-state index is 13.0. The molecule has 2 aromatic rings. The first-order chi connectivity index (χ1) is 11.0. The number of hydrogen-bond donors (Lipinski definition) is 2. The second-order valence-corrected chi connectivity index (χ2v) is 4.94. The molecule has 0 aliphatic heterocycles. The lowest BCUT2D eigenvalue weighted by Crippen LogP contribution is -2.37. The number of methoxy groups -OCH3 is 1. The number of carbonyl (C=O) groups excluding carboxylic acids is 2. The van der Waals surface area contributed by atoms with Gasteiger partial charge in [-0.1, -0.05) is 11.6 Å². The molecule has 0 fully saturated rings. The van der Waals surface area contributed by atoms with Gasteiger partial charge in [0, 0.05) is 12.8 Å². The maximum Gasteiger partial charge on any atom is 0.313 e. The molecular weight excluding hydrogens is 327 g/mol. The Balaban J connectivity index is 1.89. The van der Waals surface area contributed by atoms with Gasteiger partial charge < -0.3 is 19.8 Å². The van der Waals surface area contributed by atoms with Crippen molar-refractivity contribution in [1.29, 1.82) is 0 Å². The van der Waals surface area contributed by atoms with Gasteiger partial charge in [-0.25, -0.2) is 4.39 Å². The summed E-state index contributed by atoms with van der Waals surface area (Å²) in [6.45, 7) is 0.0560. The largest absolute Gasteiger partial charge is 0.467 e. The van der Waals surface area contributed by atoms with Crippen LogP contribution in [0.4, 0.5) is 10.1 Å². The van der Waals surface area contributed by atoms with Gasteiger partial charge in [0.2, 0.25) is 0 Å². The number of furan rings is 1. The van der Waals surface area contributed by atoms with Crippen LogP contribution >= 0.6 is 11.6 Å². The van der Waals surface area contributed by atoms with Gasteiger partial charge in [-0.3, -0.25) is 9.59 Å². The Morgan fingerprint density at radius 3 is 2.74 bits per heavy atom. The number of benzene rings is 1. The number of hydrogen-bond acceptors (Lipinski definition) is 4. The molecule has 0 radical (unpaired) electrons. The molecule has 23 heavy (non-hydrogen) atoms. The molecule has 2 amide bonds. The van der Waals surface area contributed by atoms with Crippen LogP contribution in [0.3, 0.4) is 0 Å². The smallest absolute Gasteiger partial charge is 0.313 e. The highest BCUT2D eigenvalue weighted by Crippen LogP contribution is 2.19. The maximum absolute atomic E-state index is 13.0. The number of amides is 2. The summed E-state index contributed by atoms with van der Waals surface area (Å²) in [5, 5.41) is 4.59.